The van der Waals surface area contributed by atoms with E-state index in [1.807, 2.05) is 0 Å². The molecule has 0 aliphatic carbocycles. The van der Waals surface area contributed by atoms with E-state index < -0.39 is 11.9 Å². The number of aliphatic hydroxyl groups is 1. The Bertz CT molecular complexity index is 416. The minimum Gasteiger partial charge on any atom is -0.383 e. The van der Waals surface area contributed by atoms with E-state index in [0.717, 1.165) is 0 Å². The first-order chi connectivity index (χ1) is 6.79. The van der Waals surface area contributed by atoms with Crippen molar-refractivity contribution in [3.8, 4) is 0 Å². The molecule has 0 saturated heterocycles. The van der Waals surface area contributed by atoms with Crippen molar-refractivity contribution in [2.45, 2.75) is 6.10 Å². The van der Waals surface area contributed by atoms with Crippen LogP contribution in [0.25, 0.3) is 0 Å². The van der Waals surface area contributed by atoms with Gasteiger partial charge in [0.05, 0.1) is 10.4 Å². The zero-order valence-electron chi connectivity index (χ0n) is 7.22. The smallest absolute Gasteiger partial charge is 0.129 e. The summed E-state index contributed by atoms with van der Waals surface area (Å²) in [5.41, 5.74) is 1.90. The van der Waals surface area contributed by atoms with Crippen LogP contribution in [-0.4, -0.2) is 10.1 Å². The molecule has 1 unspecified atom stereocenters. The van der Waals surface area contributed by atoms with Gasteiger partial charge in [0, 0.05) is 11.8 Å². The lowest BCUT2D eigenvalue weighted by molar-refractivity contribution is 0.218. The first-order valence-corrected chi connectivity index (χ1v) is 4.98. The van der Waals surface area contributed by atoms with Gasteiger partial charge < -0.3 is 5.11 Å². The van der Waals surface area contributed by atoms with Gasteiger partial charge in [-0.05, 0) is 6.07 Å². The Balaban J connectivity index is 2.37. The summed E-state index contributed by atoms with van der Waals surface area (Å²) in [7, 11) is 0. The van der Waals surface area contributed by atoms with Gasteiger partial charge in [-0.25, -0.2) is 4.39 Å². The van der Waals surface area contributed by atoms with Gasteiger partial charge in [-0.1, -0.05) is 18.2 Å². The van der Waals surface area contributed by atoms with E-state index in [4.69, 9.17) is 0 Å². The third-order valence-corrected chi connectivity index (χ3v) is 2.75. The largest absolute Gasteiger partial charge is 0.383 e. The molecule has 0 fully saturated rings. The van der Waals surface area contributed by atoms with Crippen molar-refractivity contribution in [3.63, 3.8) is 0 Å². The molecule has 0 aliphatic heterocycles. The number of hydrogen-bond acceptors (Lipinski definition) is 3. The van der Waals surface area contributed by atoms with Crippen molar-refractivity contribution in [1.82, 2.24) is 4.98 Å². The molecule has 4 heteroatoms. The second kappa shape index (κ2) is 3.86. The van der Waals surface area contributed by atoms with Gasteiger partial charge in [0.25, 0.3) is 0 Å². The van der Waals surface area contributed by atoms with Crippen LogP contribution in [-0.2, 0) is 0 Å². The highest BCUT2D eigenvalue weighted by Gasteiger charge is 2.15. The van der Waals surface area contributed by atoms with Gasteiger partial charge in [0.15, 0.2) is 0 Å². The fourth-order valence-corrected chi connectivity index (χ4v) is 1.83. The van der Waals surface area contributed by atoms with Crippen LogP contribution in [0.15, 0.2) is 36.0 Å². The van der Waals surface area contributed by atoms with Gasteiger partial charge >= 0.3 is 0 Å². The van der Waals surface area contributed by atoms with Crippen LogP contribution >= 0.6 is 11.3 Å². The Morgan fingerprint density at radius 3 is 2.79 bits per heavy atom. The second-order valence-corrected chi connectivity index (χ2v) is 3.75. The van der Waals surface area contributed by atoms with Crippen molar-refractivity contribution in [2.75, 3.05) is 0 Å². The monoisotopic (exact) mass is 209 g/mol. The number of thiazole rings is 1. The van der Waals surface area contributed by atoms with Crippen LogP contribution in [0, 0.1) is 5.82 Å². The summed E-state index contributed by atoms with van der Waals surface area (Å²) in [6.45, 7) is 0. The van der Waals surface area contributed by atoms with Crippen LogP contribution in [0.5, 0.6) is 0 Å². The summed E-state index contributed by atoms with van der Waals surface area (Å²) in [5.74, 6) is -0.395. The Hall–Kier alpha value is -1.26. The molecule has 0 saturated carbocycles. The molecular formula is C10H8FNOS. The normalized spacial score (nSPS) is 12.7. The summed E-state index contributed by atoms with van der Waals surface area (Å²) in [6, 6.07) is 6.19. The molecule has 72 valence electrons. The van der Waals surface area contributed by atoms with E-state index in [1.165, 1.54) is 17.4 Å². The van der Waals surface area contributed by atoms with Gasteiger partial charge in [-0.2, -0.15) is 0 Å². The molecule has 1 aromatic heterocycles. The first-order valence-electron chi connectivity index (χ1n) is 4.10. The molecule has 1 heterocycles. The highest BCUT2D eigenvalue weighted by Crippen LogP contribution is 2.26. The van der Waals surface area contributed by atoms with Crippen LogP contribution in [0.2, 0.25) is 0 Å². The second-order valence-electron chi connectivity index (χ2n) is 2.83. The van der Waals surface area contributed by atoms with Crippen LogP contribution in [0.3, 0.4) is 0 Å². The molecule has 0 spiro atoms. The zero-order valence-corrected chi connectivity index (χ0v) is 8.04. The quantitative estimate of drug-likeness (QED) is 0.823. The molecule has 14 heavy (non-hydrogen) atoms. The van der Waals surface area contributed by atoms with Crippen molar-refractivity contribution < 1.29 is 9.50 Å². The number of rotatable bonds is 2. The minimum absolute atomic E-state index is 0.289. The number of halogens is 1. The molecule has 0 aliphatic rings. The van der Waals surface area contributed by atoms with E-state index in [2.05, 4.69) is 4.98 Å². The summed E-state index contributed by atoms with van der Waals surface area (Å²) in [6.07, 6.45) is 0.630. The van der Waals surface area contributed by atoms with E-state index in [-0.39, 0.29) is 5.56 Å². The SMILES string of the molecule is OC(c1cncs1)c1ccccc1F. The molecule has 2 nitrogen and oxygen atoms in total. The lowest BCUT2D eigenvalue weighted by Crippen LogP contribution is -1.99. The lowest BCUT2D eigenvalue weighted by Gasteiger charge is -2.08. The predicted octanol–water partition coefficient (Wildman–Crippen LogP) is 2.36. The summed E-state index contributed by atoms with van der Waals surface area (Å²) >= 11 is 1.31. The lowest BCUT2D eigenvalue weighted by atomic mass is 10.1. The Morgan fingerprint density at radius 1 is 1.36 bits per heavy atom. The number of aromatic nitrogens is 1. The van der Waals surface area contributed by atoms with Crippen LogP contribution in [0.4, 0.5) is 4.39 Å². The van der Waals surface area contributed by atoms with Gasteiger partial charge in [0.2, 0.25) is 0 Å². The summed E-state index contributed by atoms with van der Waals surface area (Å²) < 4.78 is 13.3. The fraction of sp³-hybridized carbons (Fsp3) is 0.100. The highest BCUT2D eigenvalue weighted by atomic mass is 32.1. The number of aliphatic hydroxyl groups excluding tert-OH is 1. The van der Waals surface area contributed by atoms with Crippen molar-refractivity contribution in [1.29, 1.82) is 0 Å². The van der Waals surface area contributed by atoms with Crippen LogP contribution < -0.4 is 0 Å². The average molecular weight is 209 g/mol. The molecule has 0 radical (unpaired) electrons. The summed E-state index contributed by atoms with van der Waals surface area (Å²) in [4.78, 5) is 4.48. The van der Waals surface area contributed by atoms with Crippen molar-refractivity contribution >= 4 is 11.3 Å². The van der Waals surface area contributed by atoms with Gasteiger partial charge in [-0.15, -0.1) is 11.3 Å². The maximum Gasteiger partial charge on any atom is 0.129 e. The number of nitrogens with zero attached hydrogens (tertiary/aromatic N) is 1. The van der Waals surface area contributed by atoms with Crippen LogP contribution in [0.1, 0.15) is 16.5 Å². The maximum absolute atomic E-state index is 13.3. The predicted molar refractivity (Wildman–Crippen MR) is 52.6 cm³/mol. The van der Waals surface area contributed by atoms with Gasteiger partial charge in [0.1, 0.15) is 11.9 Å². The standard InChI is InChI=1S/C10H8FNOS/c11-8-4-2-1-3-7(8)10(13)9-5-12-6-14-9/h1-6,10,13H. The van der Waals surface area contributed by atoms with E-state index in [9.17, 15) is 9.50 Å². The van der Waals surface area contributed by atoms with Crippen molar-refractivity contribution in [2.24, 2.45) is 0 Å². The molecule has 1 N–H and O–H groups in total. The number of benzene rings is 1. The Labute approximate surface area is 84.7 Å². The topological polar surface area (TPSA) is 33.1 Å². The van der Waals surface area contributed by atoms with Gasteiger partial charge in [-0.3, -0.25) is 4.98 Å². The third kappa shape index (κ3) is 1.66. The minimum atomic E-state index is -0.913. The molecule has 0 amide bonds. The third-order valence-electron chi connectivity index (χ3n) is 1.92. The van der Waals surface area contributed by atoms with E-state index in [0.29, 0.717) is 4.88 Å². The summed E-state index contributed by atoms with van der Waals surface area (Å²) in [5, 5.41) is 9.79. The Kier molecular flexibility index (Phi) is 2.56. The molecule has 2 aromatic rings. The molecular weight excluding hydrogens is 201 g/mol. The maximum atomic E-state index is 13.3. The molecule has 1 atom stereocenters. The fourth-order valence-electron chi connectivity index (χ4n) is 1.21. The zero-order chi connectivity index (χ0) is 9.97. The first kappa shape index (κ1) is 9.30. The van der Waals surface area contributed by atoms with E-state index >= 15 is 0 Å². The van der Waals surface area contributed by atoms with Crippen molar-refractivity contribution in [3.05, 3.63) is 52.2 Å². The highest BCUT2D eigenvalue weighted by molar-refractivity contribution is 7.09. The molecule has 0 bridgehead atoms. The Morgan fingerprint density at radius 2 is 2.14 bits per heavy atom. The molecule has 1 aromatic carbocycles. The van der Waals surface area contributed by atoms with E-state index in [1.54, 1.807) is 29.9 Å². The average Bonchev–Trinajstić information content (AvgIpc) is 2.70. The number of hydrogen-bond donors (Lipinski definition) is 1. The molecule has 2 rings (SSSR count).